The Kier molecular flexibility index (Phi) is 3.28. The van der Waals surface area contributed by atoms with E-state index in [2.05, 4.69) is 20.9 Å². The lowest BCUT2D eigenvalue weighted by Gasteiger charge is -2.00. The highest BCUT2D eigenvalue weighted by molar-refractivity contribution is 9.10. The van der Waals surface area contributed by atoms with E-state index in [-0.39, 0.29) is 5.69 Å². The number of hydrogen-bond donors (Lipinski definition) is 1. The van der Waals surface area contributed by atoms with Crippen LogP contribution in [0.15, 0.2) is 28.1 Å². The van der Waals surface area contributed by atoms with Crippen molar-refractivity contribution in [2.24, 2.45) is 0 Å². The highest BCUT2D eigenvalue weighted by Gasteiger charge is 2.12. The van der Waals surface area contributed by atoms with Crippen LogP contribution in [0, 0.1) is 0 Å². The Balaban J connectivity index is 2.46. The zero-order chi connectivity index (χ0) is 11.7. The van der Waals surface area contributed by atoms with E-state index >= 15 is 0 Å². The van der Waals surface area contributed by atoms with Gasteiger partial charge in [0.1, 0.15) is 5.01 Å². The molecule has 1 aromatic heterocycles. The molecule has 3 nitrogen and oxygen atoms in total. The Morgan fingerprint density at radius 1 is 1.50 bits per heavy atom. The molecule has 1 N–H and O–H groups in total. The van der Waals surface area contributed by atoms with Crippen molar-refractivity contribution in [3.05, 3.63) is 38.8 Å². The molecular formula is C10H5BrClNO2S. The lowest BCUT2D eigenvalue weighted by Crippen LogP contribution is -1.95. The van der Waals surface area contributed by atoms with Crippen molar-refractivity contribution >= 4 is 44.8 Å². The molecule has 2 rings (SSSR count). The summed E-state index contributed by atoms with van der Waals surface area (Å²) in [6.07, 6.45) is 0. The molecule has 6 heteroatoms. The van der Waals surface area contributed by atoms with Gasteiger partial charge in [0.05, 0.1) is 0 Å². The van der Waals surface area contributed by atoms with Gasteiger partial charge in [-0.3, -0.25) is 0 Å². The number of nitrogens with zero attached hydrogens (tertiary/aromatic N) is 1. The van der Waals surface area contributed by atoms with Gasteiger partial charge in [-0.25, -0.2) is 9.78 Å². The van der Waals surface area contributed by atoms with E-state index in [4.69, 9.17) is 16.7 Å². The van der Waals surface area contributed by atoms with Crippen LogP contribution in [-0.2, 0) is 0 Å². The number of carboxylic acid groups (broad SMARTS) is 1. The van der Waals surface area contributed by atoms with Crippen molar-refractivity contribution in [2.75, 3.05) is 0 Å². The number of rotatable bonds is 2. The largest absolute Gasteiger partial charge is 0.476 e. The van der Waals surface area contributed by atoms with Crippen molar-refractivity contribution in [3.63, 3.8) is 0 Å². The second-order valence-electron chi connectivity index (χ2n) is 2.97. The van der Waals surface area contributed by atoms with E-state index in [1.165, 1.54) is 16.7 Å². The molecule has 0 saturated heterocycles. The number of thiazole rings is 1. The van der Waals surface area contributed by atoms with Gasteiger partial charge in [0, 0.05) is 20.4 Å². The Labute approximate surface area is 109 Å². The summed E-state index contributed by atoms with van der Waals surface area (Å²) in [7, 11) is 0. The topological polar surface area (TPSA) is 50.2 Å². The van der Waals surface area contributed by atoms with E-state index < -0.39 is 5.97 Å². The summed E-state index contributed by atoms with van der Waals surface area (Å²) in [5, 5.41) is 11.6. The third-order valence-corrected chi connectivity index (χ3v) is 3.65. The molecular weight excluding hydrogens is 314 g/mol. The molecule has 0 bridgehead atoms. The summed E-state index contributed by atoms with van der Waals surface area (Å²) >= 11 is 10.5. The molecule has 0 aliphatic heterocycles. The first kappa shape index (κ1) is 11.6. The molecule has 1 heterocycles. The van der Waals surface area contributed by atoms with Crippen LogP contribution >= 0.6 is 38.9 Å². The fourth-order valence-electron chi connectivity index (χ4n) is 1.16. The van der Waals surface area contributed by atoms with Crippen LogP contribution in [-0.4, -0.2) is 16.1 Å². The summed E-state index contributed by atoms with van der Waals surface area (Å²) in [5.41, 5.74) is 0.892. The lowest BCUT2D eigenvalue weighted by molar-refractivity contribution is 0.0691. The average molecular weight is 319 g/mol. The quantitative estimate of drug-likeness (QED) is 0.913. The third kappa shape index (κ3) is 2.26. The van der Waals surface area contributed by atoms with Crippen molar-refractivity contribution in [1.82, 2.24) is 4.98 Å². The van der Waals surface area contributed by atoms with Gasteiger partial charge in [-0.05, 0) is 18.2 Å². The molecule has 0 saturated carbocycles. The highest BCUT2D eigenvalue weighted by atomic mass is 79.9. The SMILES string of the molecule is O=C(O)c1csc(-c2ccc(Cl)cc2Br)n1. The van der Waals surface area contributed by atoms with Gasteiger partial charge in [-0.2, -0.15) is 0 Å². The first-order valence-electron chi connectivity index (χ1n) is 4.22. The van der Waals surface area contributed by atoms with Crippen molar-refractivity contribution in [1.29, 1.82) is 0 Å². The number of carboxylic acids is 1. The maximum absolute atomic E-state index is 10.7. The van der Waals surface area contributed by atoms with Crippen LogP contribution in [0.1, 0.15) is 10.5 Å². The monoisotopic (exact) mass is 317 g/mol. The molecule has 0 aliphatic rings. The molecule has 0 atom stereocenters. The molecule has 0 unspecified atom stereocenters. The van der Waals surface area contributed by atoms with Gasteiger partial charge >= 0.3 is 5.97 Å². The summed E-state index contributed by atoms with van der Waals surface area (Å²) < 4.78 is 0.797. The number of hydrogen-bond acceptors (Lipinski definition) is 3. The van der Waals surface area contributed by atoms with Gasteiger partial charge in [-0.1, -0.05) is 27.5 Å². The van der Waals surface area contributed by atoms with Crippen LogP contribution in [0.3, 0.4) is 0 Å². The van der Waals surface area contributed by atoms with E-state index in [1.807, 2.05) is 0 Å². The van der Waals surface area contributed by atoms with Crippen molar-refractivity contribution in [2.45, 2.75) is 0 Å². The maximum atomic E-state index is 10.7. The van der Waals surface area contributed by atoms with Crippen LogP contribution < -0.4 is 0 Å². The summed E-state index contributed by atoms with van der Waals surface area (Å²) in [6, 6.07) is 5.29. The normalized spacial score (nSPS) is 10.4. The number of aromatic nitrogens is 1. The molecule has 0 fully saturated rings. The minimum atomic E-state index is -1.02. The Bertz CT molecular complexity index is 556. The van der Waals surface area contributed by atoms with E-state index in [0.29, 0.717) is 10.0 Å². The predicted molar refractivity (Wildman–Crippen MR) is 67.2 cm³/mol. The van der Waals surface area contributed by atoms with Crippen LogP contribution in [0.5, 0.6) is 0 Å². The molecule has 82 valence electrons. The summed E-state index contributed by atoms with van der Waals surface area (Å²) in [4.78, 5) is 14.7. The second kappa shape index (κ2) is 4.53. The summed E-state index contributed by atoms with van der Waals surface area (Å²) in [6.45, 7) is 0. The predicted octanol–water partition coefficient (Wildman–Crippen LogP) is 3.92. The number of benzene rings is 1. The maximum Gasteiger partial charge on any atom is 0.355 e. The van der Waals surface area contributed by atoms with Gasteiger partial charge in [0.2, 0.25) is 0 Å². The van der Waals surface area contributed by atoms with Gasteiger partial charge < -0.3 is 5.11 Å². The highest BCUT2D eigenvalue weighted by Crippen LogP contribution is 2.32. The van der Waals surface area contributed by atoms with E-state index in [1.54, 1.807) is 18.2 Å². The van der Waals surface area contributed by atoms with Gasteiger partial charge in [0.15, 0.2) is 5.69 Å². The molecule has 0 amide bonds. The van der Waals surface area contributed by atoms with Crippen molar-refractivity contribution < 1.29 is 9.90 Å². The Hall–Kier alpha value is -0.910. The fourth-order valence-corrected chi connectivity index (χ4v) is 2.99. The van der Waals surface area contributed by atoms with Gasteiger partial charge in [-0.15, -0.1) is 11.3 Å². The van der Waals surface area contributed by atoms with E-state index in [0.717, 1.165) is 10.0 Å². The molecule has 0 aliphatic carbocycles. The molecule has 2 aromatic rings. The molecule has 0 radical (unpaired) electrons. The van der Waals surface area contributed by atoms with Crippen LogP contribution in [0.25, 0.3) is 10.6 Å². The Morgan fingerprint density at radius 2 is 2.25 bits per heavy atom. The number of carbonyl (C=O) groups is 1. The van der Waals surface area contributed by atoms with Crippen molar-refractivity contribution in [3.8, 4) is 10.6 Å². The van der Waals surface area contributed by atoms with E-state index in [9.17, 15) is 4.79 Å². The lowest BCUT2D eigenvalue weighted by atomic mass is 10.2. The molecule has 1 aromatic carbocycles. The third-order valence-electron chi connectivity index (χ3n) is 1.88. The number of halogens is 2. The molecule has 0 spiro atoms. The fraction of sp³-hybridized carbons (Fsp3) is 0. The zero-order valence-corrected chi connectivity index (χ0v) is 10.9. The minimum Gasteiger partial charge on any atom is -0.476 e. The van der Waals surface area contributed by atoms with Crippen LogP contribution in [0.4, 0.5) is 0 Å². The first-order valence-corrected chi connectivity index (χ1v) is 6.27. The summed E-state index contributed by atoms with van der Waals surface area (Å²) in [5.74, 6) is -1.02. The Morgan fingerprint density at radius 3 is 2.81 bits per heavy atom. The average Bonchev–Trinajstić information content (AvgIpc) is 2.66. The minimum absolute atomic E-state index is 0.0573. The molecule has 16 heavy (non-hydrogen) atoms. The number of aromatic carboxylic acids is 1. The van der Waals surface area contributed by atoms with Crippen LogP contribution in [0.2, 0.25) is 5.02 Å². The standard InChI is InChI=1S/C10H5BrClNO2S/c11-7-3-5(12)1-2-6(7)9-13-8(4-16-9)10(14)15/h1-4H,(H,14,15). The van der Waals surface area contributed by atoms with Gasteiger partial charge in [0.25, 0.3) is 0 Å². The smallest absolute Gasteiger partial charge is 0.355 e. The second-order valence-corrected chi connectivity index (χ2v) is 5.12. The first-order chi connectivity index (χ1) is 7.58. The zero-order valence-electron chi connectivity index (χ0n) is 7.78.